The summed E-state index contributed by atoms with van der Waals surface area (Å²) in [5, 5.41) is 3.29. The second-order valence-electron chi connectivity index (χ2n) is 4.27. The van der Waals surface area contributed by atoms with Crippen LogP contribution in [0, 0.1) is 0 Å². The van der Waals surface area contributed by atoms with Crippen LogP contribution in [0.1, 0.15) is 15.9 Å². The van der Waals surface area contributed by atoms with E-state index in [-0.39, 0.29) is 17.3 Å². The molecule has 0 unspecified atom stereocenters. The van der Waals surface area contributed by atoms with Crippen molar-refractivity contribution >= 4 is 37.2 Å². The number of carbonyl (C=O) groups excluding carboxylic acids is 1. The van der Waals surface area contributed by atoms with Crippen molar-refractivity contribution in [2.24, 2.45) is 0 Å². The number of carbonyl (C=O) groups is 1. The van der Waals surface area contributed by atoms with E-state index in [1.54, 1.807) is 36.4 Å². The fourth-order valence-electron chi connectivity index (χ4n) is 1.66. The third-order valence-electron chi connectivity index (χ3n) is 2.76. The molecular formula is C14H11Cl2NO3S. The molecule has 0 saturated heterocycles. The number of rotatable bonds is 4. The van der Waals surface area contributed by atoms with E-state index in [0.717, 1.165) is 5.56 Å². The summed E-state index contributed by atoms with van der Waals surface area (Å²) in [6.45, 7) is 0.282. The summed E-state index contributed by atoms with van der Waals surface area (Å²) >= 11 is 5.75. The third kappa shape index (κ3) is 4.46. The molecular weight excluding hydrogens is 333 g/mol. The Morgan fingerprint density at radius 2 is 1.57 bits per heavy atom. The van der Waals surface area contributed by atoms with Crippen LogP contribution in [0.25, 0.3) is 0 Å². The van der Waals surface area contributed by atoms with E-state index in [4.69, 9.17) is 22.3 Å². The molecule has 1 N–H and O–H groups in total. The lowest BCUT2D eigenvalue weighted by Gasteiger charge is -2.06. The van der Waals surface area contributed by atoms with Crippen LogP contribution in [0.5, 0.6) is 0 Å². The Labute approximate surface area is 132 Å². The number of hydrogen-bond acceptors (Lipinski definition) is 3. The molecule has 4 nitrogen and oxygen atoms in total. The molecule has 0 bridgehead atoms. The smallest absolute Gasteiger partial charge is 0.261 e. The molecule has 7 heteroatoms. The molecule has 2 aromatic rings. The van der Waals surface area contributed by atoms with Gasteiger partial charge in [0.2, 0.25) is 0 Å². The predicted molar refractivity (Wildman–Crippen MR) is 82.1 cm³/mol. The Hall–Kier alpha value is -1.56. The van der Waals surface area contributed by atoms with Gasteiger partial charge in [-0.05, 0) is 42.0 Å². The lowest BCUT2D eigenvalue weighted by atomic mass is 10.2. The molecule has 0 saturated carbocycles. The molecule has 0 radical (unpaired) electrons. The van der Waals surface area contributed by atoms with Gasteiger partial charge in [-0.15, -0.1) is 0 Å². The maximum absolute atomic E-state index is 11.9. The van der Waals surface area contributed by atoms with Gasteiger partial charge in [-0.2, -0.15) is 0 Å². The molecule has 0 spiro atoms. The van der Waals surface area contributed by atoms with Crippen LogP contribution in [-0.4, -0.2) is 14.3 Å². The highest BCUT2D eigenvalue weighted by Gasteiger charge is 2.09. The maximum atomic E-state index is 11.9. The van der Waals surface area contributed by atoms with Crippen molar-refractivity contribution in [3.05, 3.63) is 64.7 Å². The quantitative estimate of drug-likeness (QED) is 0.867. The van der Waals surface area contributed by atoms with Crippen molar-refractivity contribution in [1.82, 2.24) is 5.32 Å². The molecule has 110 valence electrons. The first kappa shape index (κ1) is 15.8. The van der Waals surface area contributed by atoms with Crippen molar-refractivity contribution in [1.29, 1.82) is 0 Å². The van der Waals surface area contributed by atoms with Crippen LogP contribution in [0.4, 0.5) is 0 Å². The van der Waals surface area contributed by atoms with Crippen LogP contribution in [0.15, 0.2) is 53.4 Å². The molecule has 0 heterocycles. The summed E-state index contributed by atoms with van der Waals surface area (Å²) in [5.41, 5.74) is 1.26. The van der Waals surface area contributed by atoms with Gasteiger partial charge in [-0.25, -0.2) is 8.42 Å². The minimum Gasteiger partial charge on any atom is -0.348 e. The summed E-state index contributed by atoms with van der Waals surface area (Å²) in [6, 6.07) is 12.5. The third-order valence-corrected chi connectivity index (χ3v) is 4.39. The van der Waals surface area contributed by atoms with Crippen LogP contribution < -0.4 is 5.32 Å². The van der Waals surface area contributed by atoms with Gasteiger partial charge in [0.15, 0.2) is 0 Å². The average Bonchev–Trinajstić information content (AvgIpc) is 2.45. The Morgan fingerprint density at radius 1 is 1.00 bits per heavy atom. The molecule has 0 fully saturated rings. The van der Waals surface area contributed by atoms with Gasteiger partial charge < -0.3 is 5.32 Å². The predicted octanol–water partition coefficient (Wildman–Crippen LogP) is 3.20. The number of nitrogens with one attached hydrogen (secondary N) is 1. The normalized spacial score (nSPS) is 11.1. The highest BCUT2D eigenvalue weighted by atomic mass is 35.7. The summed E-state index contributed by atoms with van der Waals surface area (Å²) in [4.78, 5) is 11.9. The highest BCUT2D eigenvalue weighted by Crippen LogP contribution is 2.15. The van der Waals surface area contributed by atoms with Crippen molar-refractivity contribution < 1.29 is 13.2 Å². The van der Waals surface area contributed by atoms with Crippen LogP contribution in [-0.2, 0) is 15.6 Å². The second-order valence-corrected chi connectivity index (χ2v) is 7.27. The molecule has 0 atom stereocenters. The zero-order valence-corrected chi connectivity index (χ0v) is 13.0. The maximum Gasteiger partial charge on any atom is 0.261 e. The summed E-state index contributed by atoms with van der Waals surface area (Å²) in [5.74, 6) is -0.235. The van der Waals surface area contributed by atoms with Crippen LogP contribution in [0.2, 0.25) is 5.02 Å². The van der Waals surface area contributed by atoms with Gasteiger partial charge in [0, 0.05) is 27.8 Å². The van der Waals surface area contributed by atoms with Gasteiger partial charge in [0.25, 0.3) is 15.0 Å². The number of amides is 1. The van der Waals surface area contributed by atoms with E-state index in [1.165, 1.54) is 12.1 Å². The molecule has 0 aliphatic rings. The molecule has 0 aromatic heterocycles. The fraction of sp³-hybridized carbons (Fsp3) is 0.0714. The minimum atomic E-state index is -3.73. The standard InChI is InChI=1S/C14H11Cl2NO3S/c15-12-5-3-11(4-6-12)14(18)17-9-10-1-7-13(8-2-10)21(16,19)20/h1-8H,9H2,(H,17,18). The molecule has 2 aromatic carbocycles. The van der Waals surface area contributed by atoms with Gasteiger partial charge >= 0.3 is 0 Å². The number of halogens is 2. The van der Waals surface area contributed by atoms with E-state index in [9.17, 15) is 13.2 Å². The SMILES string of the molecule is O=C(NCc1ccc(S(=O)(=O)Cl)cc1)c1ccc(Cl)cc1. The van der Waals surface area contributed by atoms with Crippen molar-refractivity contribution in [3.63, 3.8) is 0 Å². The van der Waals surface area contributed by atoms with Crippen molar-refractivity contribution in [3.8, 4) is 0 Å². The molecule has 21 heavy (non-hydrogen) atoms. The highest BCUT2D eigenvalue weighted by molar-refractivity contribution is 8.13. The van der Waals surface area contributed by atoms with E-state index < -0.39 is 9.05 Å². The second kappa shape index (κ2) is 6.47. The monoisotopic (exact) mass is 343 g/mol. The summed E-state index contributed by atoms with van der Waals surface area (Å²) in [6.07, 6.45) is 0. The Morgan fingerprint density at radius 3 is 2.10 bits per heavy atom. The molecule has 0 aliphatic heterocycles. The summed E-state index contributed by atoms with van der Waals surface area (Å²) in [7, 11) is 1.50. The topological polar surface area (TPSA) is 63.2 Å². The lowest BCUT2D eigenvalue weighted by molar-refractivity contribution is 0.0951. The minimum absolute atomic E-state index is 0.0249. The first-order chi connectivity index (χ1) is 9.86. The van der Waals surface area contributed by atoms with E-state index in [2.05, 4.69) is 5.32 Å². The van der Waals surface area contributed by atoms with Crippen LogP contribution in [0.3, 0.4) is 0 Å². The van der Waals surface area contributed by atoms with Crippen molar-refractivity contribution in [2.75, 3.05) is 0 Å². The first-order valence-corrected chi connectivity index (χ1v) is 8.62. The summed E-state index contributed by atoms with van der Waals surface area (Å²) < 4.78 is 22.2. The largest absolute Gasteiger partial charge is 0.348 e. The lowest BCUT2D eigenvalue weighted by Crippen LogP contribution is -2.22. The molecule has 1 amide bonds. The van der Waals surface area contributed by atoms with Gasteiger partial charge in [0.1, 0.15) is 0 Å². The van der Waals surface area contributed by atoms with Crippen molar-refractivity contribution in [2.45, 2.75) is 11.4 Å². The van der Waals surface area contributed by atoms with E-state index in [1.807, 2.05) is 0 Å². The van der Waals surface area contributed by atoms with Gasteiger partial charge in [-0.1, -0.05) is 23.7 Å². The van der Waals surface area contributed by atoms with E-state index >= 15 is 0 Å². The van der Waals surface area contributed by atoms with Crippen LogP contribution >= 0.6 is 22.3 Å². The number of benzene rings is 2. The molecule has 0 aliphatic carbocycles. The average molecular weight is 344 g/mol. The molecule has 2 rings (SSSR count). The zero-order chi connectivity index (χ0) is 15.5. The van der Waals surface area contributed by atoms with Gasteiger partial charge in [0.05, 0.1) is 4.90 Å². The Kier molecular flexibility index (Phi) is 4.88. The zero-order valence-electron chi connectivity index (χ0n) is 10.7. The Balaban J connectivity index is 2.00. The Bertz CT molecular complexity index is 741. The first-order valence-electron chi connectivity index (χ1n) is 5.93. The van der Waals surface area contributed by atoms with E-state index in [0.29, 0.717) is 10.6 Å². The fourth-order valence-corrected chi connectivity index (χ4v) is 2.55. The van der Waals surface area contributed by atoms with Gasteiger partial charge in [-0.3, -0.25) is 4.79 Å². The number of hydrogen-bond donors (Lipinski definition) is 1.